The third kappa shape index (κ3) is 3.26. The molecular formula is C11H22O4. The van der Waals surface area contributed by atoms with E-state index in [9.17, 15) is 15.0 Å². The first-order valence-electron chi connectivity index (χ1n) is 5.21. The third-order valence-corrected chi connectivity index (χ3v) is 2.91. The van der Waals surface area contributed by atoms with Crippen LogP contribution in [0.15, 0.2) is 0 Å². The summed E-state index contributed by atoms with van der Waals surface area (Å²) in [5.41, 5.74) is -1.67. The maximum atomic E-state index is 11.4. The quantitative estimate of drug-likeness (QED) is 0.690. The van der Waals surface area contributed by atoms with Crippen LogP contribution in [-0.4, -0.2) is 40.9 Å². The average Bonchev–Trinajstić information content (AvgIpc) is 2.15. The summed E-state index contributed by atoms with van der Waals surface area (Å²) in [6, 6.07) is 0. The molecule has 4 heteroatoms. The molecule has 0 aliphatic rings. The number of ketones is 1. The van der Waals surface area contributed by atoms with Gasteiger partial charge in [0.2, 0.25) is 0 Å². The van der Waals surface area contributed by atoms with Gasteiger partial charge in [-0.05, 0) is 19.8 Å². The summed E-state index contributed by atoms with van der Waals surface area (Å²) < 4.78 is 4.99. The Kier molecular flexibility index (Phi) is 5.42. The van der Waals surface area contributed by atoms with Gasteiger partial charge in [0.05, 0.1) is 12.2 Å². The molecule has 3 unspecified atom stereocenters. The summed E-state index contributed by atoms with van der Waals surface area (Å²) in [5.74, 6) is -0.734. The van der Waals surface area contributed by atoms with E-state index in [-0.39, 0.29) is 18.4 Å². The zero-order valence-corrected chi connectivity index (χ0v) is 10.2. The minimum absolute atomic E-state index is 0.190. The zero-order chi connectivity index (χ0) is 12.2. The lowest BCUT2D eigenvalue weighted by Gasteiger charge is -2.35. The number of ether oxygens (including phenoxy) is 1. The smallest absolute Gasteiger partial charge is 0.164 e. The highest BCUT2D eigenvalue weighted by Gasteiger charge is 2.43. The fraction of sp³-hybridized carbons (Fsp3) is 0.909. The Bertz CT molecular complexity index is 215. The molecule has 4 nitrogen and oxygen atoms in total. The van der Waals surface area contributed by atoms with Crippen molar-refractivity contribution in [2.45, 2.75) is 51.9 Å². The molecule has 0 aliphatic carbocycles. The fourth-order valence-corrected chi connectivity index (χ4v) is 1.62. The van der Waals surface area contributed by atoms with Crippen molar-refractivity contribution in [2.75, 3.05) is 7.11 Å². The van der Waals surface area contributed by atoms with Gasteiger partial charge in [0.1, 0.15) is 0 Å². The van der Waals surface area contributed by atoms with Crippen LogP contribution in [0.5, 0.6) is 0 Å². The van der Waals surface area contributed by atoms with Crippen LogP contribution in [-0.2, 0) is 9.53 Å². The van der Waals surface area contributed by atoms with E-state index in [0.29, 0.717) is 0 Å². The van der Waals surface area contributed by atoms with E-state index in [0.717, 1.165) is 0 Å². The van der Waals surface area contributed by atoms with Gasteiger partial charge in [-0.25, -0.2) is 0 Å². The molecule has 2 N–H and O–H groups in total. The first-order valence-corrected chi connectivity index (χ1v) is 5.21. The molecule has 3 atom stereocenters. The number of rotatable bonds is 6. The van der Waals surface area contributed by atoms with E-state index in [1.165, 1.54) is 14.0 Å². The van der Waals surface area contributed by atoms with Gasteiger partial charge in [0.25, 0.3) is 0 Å². The van der Waals surface area contributed by atoms with Crippen LogP contribution < -0.4 is 0 Å². The molecule has 0 spiro atoms. The molecule has 0 aromatic carbocycles. The highest BCUT2D eigenvalue weighted by atomic mass is 16.5. The lowest BCUT2D eigenvalue weighted by Crippen LogP contribution is -2.53. The number of carbonyl (C=O) groups excluding carboxylic acids is 1. The molecule has 0 heterocycles. The van der Waals surface area contributed by atoms with Gasteiger partial charge in [-0.15, -0.1) is 0 Å². The molecule has 0 saturated heterocycles. The van der Waals surface area contributed by atoms with Crippen molar-refractivity contribution in [3.05, 3.63) is 0 Å². The summed E-state index contributed by atoms with van der Waals surface area (Å²) >= 11 is 0. The molecule has 0 aromatic rings. The van der Waals surface area contributed by atoms with Crippen LogP contribution in [0.2, 0.25) is 0 Å². The summed E-state index contributed by atoms with van der Waals surface area (Å²) in [6.07, 6.45) is -1.04. The van der Waals surface area contributed by atoms with Gasteiger partial charge in [0.15, 0.2) is 11.4 Å². The molecule has 0 aliphatic heterocycles. The monoisotopic (exact) mass is 218 g/mol. The Morgan fingerprint density at radius 1 is 1.40 bits per heavy atom. The second-order valence-corrected chi connectivity index (χ2v) is 4.33. The van der Waals surface area contributed by atoms with Crippen LogP contribution in [0.1, 0.15) is 34.1 Å². The molecule has 0 amide bonds. The van der Waals surface area contributed by atoms with Crippen molar-refractivity contribution in [2.24, 2.45) is 5.92 Å². The van der Waals surface area contributed by atoms with Crippen molar-refractivity contribution >= 4 is 5.78 Å². The maximum Gasteiger partial charge on any atom is 0.164 e. The predicted molar refractivity (Wildman–Crippen MR) is 57.6 cm³/mol. The highest BCUT2D eigenvalue weighted by Crippen LogP contribution is 2.25. The molecule has 0 fully saturated rings. The number of Topliss-reactive ketones (excluding diaryl/α,β-unsaturated/α-hetero) is 1. The molecule has 0 saturated carbocycles. The molecule has 0 rings (SSSR count). The largest absolute Gasteiger partial charge is 0.390 e. The van der Waals surface area contributed by atoms with Crippen LogP contribution in [0, 0.1) is 5.92 Å². The lowest BCUT2D eigenvalue weighted by atomic mass is 9.80. The number of aliphatic hydroxyl groups is 2. The van der Waals surface area contributed by atoms with Gasteiger partial charge in [0, 0.05) is 13.5 Å². The number of methoxy groups -OCH3 is 1. The summed E-state index contributed by atoms with van der Waals surface area (Å²) in [6.45, 7) is 6.50. The second-order valence-electron chi connectivity index (χ2n) is 4.33. The Labute approximate surface area is 91.3 Å². The van der Waals surface area contributed by atoms with Crippen LogP contribution in [0.25, 0.3) is 0 Å². The predicted octanol–water partition coefficient (Wildman–Crippen LogP) is 0.748. The summed E-state index contributed by atoms with van der Waals surface area (Å²) in [5, 5.41) is 20.0. The van der Waals surface area contributed by atoms with Gasteiger partial charge in [-0.1, -0.05) is 13.8 Å². The van der Waals surface area contributed by atoms with Gasteiger partial charge < -0.3 is 14.9 Å². The normalized spacial score (nSPS) is 19.7. The zero-order valence-electron chi connectivity index (χ0n) is 10.2. The van der Waals surface area contributed by atoms with Crippen LogP contribution >= 0.6 is 0 Å². The van der Waals surface area contributed by atoms with Gasteiger partial charge >= 0.3 is 0 Å². The molecule has 0 bridgehead atoms. The second kappa shape index (κ2) is 5.58. The van der Waals surface area contributed by atoms with Crippen molar-refractivity contribution in [3.8, 4) is 0 Å². The Morgan fingerprint density at radius 3 is 2.13 bits per heavy atom. The van der Waals surface area contributed by atoms with E-state index in [1.54, 1.807) is 20.8 Å². The minimum atomic E-state index is -1.67. The summed E-state index contributed by atoms with van der Waals surface area (Å²) in [4.78, 5) is 11.4. The van der Waals surface area contributed by atoms with Crippen LogP contribution in [0.3, 0.4) is 0 Å². The number of aliphatic hydroxyl groups excluding tert-OH is 1. The van der Waals surface area contributed by atoms with E-state index in [1.807, 2.05) is 0 Å². The SMILES string of the molecule is COC(C)CC(O)C(O)(C(C)=O)C(C)C. The highest BCUT2D eigenvalue weighted by molar-refractivity contribution is 5.85. The summed E-state index contributed by atoms with van der Waals surface area (Å²) in [7, 11) is 1.53. The van der Waals surface area contributed by atoms with Crippen LogP contribution in [0.4, 0.5) is 0 Å². The van der Waals surface area contributed by atoms with Crippen molar-refractivity contribution in [1.29, 1.82) is 0 Å². The van der Waals surface area contributed by atoms with Crippen molar-refractivity contribution in [3.63, 3.8) is 0 Å². The Morgan fingerprint density at radius 2 is 1.87 bits per heavy atom. The average molecular weight is 218 g/mol. The van der Waals surface area contributed by atoms with Crippen molar-refractivity contribution in [1.82, 2.24) is 0 Å². The molecular weight excluding hydrogens is 196 g/mol. The lowest BCUT2D eigenvalue weighted by molar-refractivity contribution is -0.160. The molecule has 0 radical (unpaired) electrons. The third-order valence-electron chi connectivity index (χ3n) is 2.91. The van der Waals surface area contributed by atoms with E-state index >= 15 is 0 Å². The topological polar surface area (TPSA) is 66.8 Å². The van der Waals surface area contributed by atoms with E-state index < -0.39 is 17.5 Å². The standard InChI is InChI=1S/C11H22O4/c1-7(2)11(14,9(4)12)10(13)6-8(3)15-5/h7-8,10,13-14H,6H2,1-5H3. The van der Waals surface area contributed by atoms with E-state index in [2.05, 4.69) is 0 Å². The maximum absolute atomic E-state index is 11.4. The first kappa shape index (κ1) is 14.6. The minimum Gasteiger partial charge on any atom is -0.390 e. The Hall–Kier alpha value is -0.450. The molecule has 90 valence electrons. The fourth-order valence-electron chi connectivity index (χ4n) is 1.62. The number of hydrogen-bond donors (Lipinski definition) is 2. The van der Waals surface area contributed by atoms with Crippen molar-refractivity contribution < 1.29 is 19.7 Å². The number of carbonyl (C=O) groups is 1. The Balaban J connectivity index is 4.71. The van der Waals surface area contributed by atoms with E-state index in [4.69, 9.17) is 4.74 Å². The molecule has 0 aromatic heterocycles. The van der Waals surface area contributed by atoms with Gasteiger partial charge in [-0.3, -0.25) is 4.79 Å². The number of hydrogen-bond acceptors (Lipinski definition) is 4. The van der Waals surface area contributed by atoms with Gasteiger partial charge in [-0.2, -0.15) is 0 Å². The molecule has 15 heavy (non-hydrogen) atoms. The first-order chi connectivity index (χ1) is 6.76.